The first-order valence-corrected chi connectivity index (χ1v) is 11.1. The minimum Gasteiger partial charge on any atom is -0.465 e. The number of aromatic nitrogens is 1. The summed E-state index contributed by atoms with van der Waals surface area (Å²) in [5.41, 5.74) is 1.28. The maximum absolute atomic E-state index is 5.95. The number of para-hydroxylation sites is 1. The van der Waals surface area contributed by atoms with E-state index in [1.54, 1.807) is 0 Å². The maximum atomic E-state index is 5.95. The first-order chi connectivity index (χ1) is 15.2. The summed E-state index contributed by atoms with van der Waals surface area (Å²) in [6.07, 6.45) is 3.18. The molecule has 7 nitrogen and oxygen atoms in total. The first kappa shape index (κ1) is 21.5. The number of hydrogen-bond donors (Lipinski definition) is 2. The number of aliphatic imine (C=N–C) groups is 1. The average Bonchev–Trinajstić information content (AvgIpc) is 3.42. The third-order valence-electron chi connectivity index (χ3n) is 5.81. The predicted octanol–water partition coefficient (Wildman–Crippen LogP) is 3.17. The number of nitrogens with zero attached hydrogens (tertiary/aromatic N) is 3. The molecular weight excluding hydrogens is 390 g/mol. The van der Waals surface area contributed by atoms with Gasteiger partial charge in [-0.1, -0.05) is 18.2 Å². The molecule has 3 heterocycles. The summed E-state index contributed by atoms with van der Waals surface area (Å²) in [5.74, 6) is 2.74. The van der Waals surface area contributed by atoms with Gasteiger partial charge in [-0.15, -0.1) is 0 Å². The van der Waals surface area contributed by atoms with Crippen LogP contribution >= 0.6 is 0 Å². The Balaban J connectivity index is 1.28. The van der Waals surface area contributed by atoms with Crippen LogP contribution in [0.4, 0.5) is 0 Å². The number of nitrogens with one attached hydrogen (secondary N) is 2. The van der Waals surface area contributed by atoms with Crippen molar-refractivity contribution in [1.29, 1.82) is 0 Å². The standard InChI is InChI=1S/C24H33N5O2/c1-19-8-9-23(31-19)22(29-14-16-30-17-15-29)18-27-24(25-2)26-11-5-12-28-13-10-20-6-3-4-7-21(20)28/h3-4,6-10,13,22H,5,11-12,14-18H2,1-2H3,(H2,25,26,27). The van der Waals surface area contributed by atoms with Gasteiger partial charge in [-0.25, -0.2) is 0 Å². The second-order valence-electron chi connectivity index (χ2n) is 7.91. The largest absolute Gasteiger partial charge is 0.465 e. The van der Waals surface area contributed by atoms with Gasteiger partial charge in [0.05, 0.1) is 19.3 Å². The van der Waals surface area contributed by atoms with Gasteiger partial charge in [0, 0.05) is 51.5 Å². The molecule has 0 saturated carbocycles. The molecule has 1 fully saturated rings. The number of fused-ring (bicyclic) bond motifs is 1. The van der Waals surface area contributed by atoms with Crippen molar-refractivity contribution in [2.45, 2.75) is 25.9 Å². The summed E-state index contributed by atoms with van der Waals surface area (Å²) < 4.78 is 13.8. The van der Waals surface area contributed by atoms with Crippen LogP contribution < -0.4 is 10.6 Å². The minimum absolute atomic E-state index is 0.155. The predicted molar refractivity (Wildman–Crippen MR) is 124 cm³/mol. The van der Waals surface area contributed by atoms with Crippen LogP contribution in [0.3, 0.4) is 0 Å². The lowest BCUT2D eigenvalue weighted by Crippen LogP contribution is -2.46. The SMILES string of the molecule is CN=C(NCCCn1ccc2ccccc21)NCC(c1ccc(C)o1)N1CCOCC1. The van der Waals surface area contributed by atoms with Crippen molar-refractivity contribution in [1.82, 2.24) is 20.1 Å². The Bertz CT molecular complexity index is 987. The molecular formula is C24H33N5O2. The average molecular weight is 424 g/mol. The number of rotatable bonds is 8. The van der Waals surface area contributed by atoms with Crippen LogP contribution in [0, 0.1) is 6.92 Å². The van der Waals surface area contributed by atoms with Gasteiger partial charge >= 0.3 is 0 Å². The Labute approximate surface area is 184 Å². The zero-order chi connectivity index (χ0) is 21.5. The summed E-state index contributed by atoms with van der Waals surface area (Å²) in [6.45, 7) is 7.88. The van der Waals surface area contributed by atoms with Crippen molar-refractivity contribution < 1.29 is 9.15 Å². The highest BCUT2D eigenvalue weighted by molar-refractivity contribution is 5.80. The number of ether oxygens (including phenoxy) is 1. The fourth-order valence-electron chi connectivity index (χ4n) is 4.14. The molecule has 0 amide bonds. The Morgan fingerprint density at radius 3 is 2.71 bits per heavy atom. The van der Waals surface area contributed by atoms with E-state index in [9.17, 15) is 0 Å². The second-order valence-corrected chi connectivity index (χ2v) is 7.91. The topological polar surface area (TPSA) is 67.0 Å². The van der Waals surface area contributed by atoms with E-state index in [1.807, 2.05) is 20.0 Å². The molecule has 2 N–H and O–H groups in total. The number of morpholine rings is 1. The lowest BCUT2D eigenvalue weighted by atomic mass is 10.1. The Morgan fingerprint density at radius 1 is 1.10 bits per heavy atom. The molecule has 31 heavy (non-hydrogen) atoms. The van der Waals surface area contributed by atoms with Crippen molar-refractivity contribution >= 4 is 16.9 Å². The van der Waals surface area contributed by atoms with E-state index in [0.29, 0.717) is 0 Å². The highest BCUT2D eigenvalue weighted by atomic mass is 16.5. The highest BCUT2D eigenvalue weighted by Crippen LogP contribution is 2.23. The molecule has 7 heteroatoms. The molecule has 3 aromatic rings. The van der Waals surface area contributed by atoms with Crippen molar-refractivity contribution in [3.8, 4) is 0 Å². The molecule has 1 atom stereocenters. The second kappa shape index (κ2) is 10.5. The molecule has 0 bridgehead atoms. The maximum Gasteiger partial charge on any atom is 0.191 e. The zero-order valence-corrected chi connectivity index (χ0v) is 18.5. The number of guanidine groups is 1. The van der Waals surface area contributed by atoms with Gasteiger partial charge in [0.15, 0.2) is 5.96 Å². The zero-order valence-electron chi connectivity index (χ0n) is 18.5. The third kappa shape index (κ3) is 5.48. The fourth-order valence-corrected chi connectivity index (χ4v) is 4.14. The summed E-state index contributed by atoms with van der Waals surface area (Å²) in [7, 11) is 1.82. The molecule has 4 rings (SSSR count). The van der Waals surface area contributed by atoms with Crippen LogP contribution in [0.2, 0.25) is 0 Å². The van der Waals surface area contributed by atoms with Crippen molar-refractivity contribution in [2.75, 3.05) is 46.4 Å². The molecule has 0 radical (unpaired) electrons. The number of aryl methyl sites for hydroxylation is 2. The lowest BCUT2D eigenvalue weighted by molar-refractivity contribution is 0.0124. The molecule has 1 aliphatic heterocycles. The van der Waals surface area contributed by atoms with Crippen LogP contribution in [0.1, 0.15) is 24.0 Å². The van der Waals surface area contributed by atoms with Gasteiger partial charge in [-0.2, -0.15) is 0 Å². The fraction of sp³-hybridized carbons (Fsp3) is 0.458. The Morgan fingerprint density at radius 2 is 1.94 bits per heavy atom. The summed E-state index contributed by atoms with van der Waals surface area (Å²) in [6, 6.07) is 14.9. The van der Waals surface area contributed by atoms with E-state index in [2.05, 4.69) is 67.7 Å². The number of furan rings is 1. The van der Waals surface area contributed by atoms with Crippen LogP contribution in [0.25, 0.3) is 10.9 Å². The van der Waals surface area contributed by atoms with Gasteiger partial charge < -0.3 is 24.4 Å². The molecule has 2 aromatic heterocycles. The molecule has 1 aromatic carbocycles. The van der Waals surface area contributed by atoms with Crippen LogP contribution in [0.15, 0.2) is 58.1 Å². The van der Waals surface area contributed by atoms with E-state index in [4.69, 9.17) is 9.15 Å². The van der Waals surface area contributed by atoms with Gasteiger partial charge in [0.2, 0.25) is 0 Å². The van der Waals surface area contributed by atoms with Crippen LogP contribution in [-0.4, -0.2) is 61.9 Å². The highest BCUT2D eigenvalue weighted by Gasteiger charge is 2.25. The van der Waals surface area contributed by atoms with Crippen LogP contribution in [0.5, 0.6) is 0 Å². The normalized spacial score (nSPS) is 16.5. The van der Waals surface area contributed by atoms with Crippen molar-refractivity contribution in [2.24, 2.45) is 4.99 Å². The van der Waals surface area contributed by atoms with E-state index >= 15 is 0 Å². The van der Waals surface area contributed by atoms with E-state index in [1.165, 1.54) is 10.9 Å². The molecule has 1 saturated heterocycles. The van der Waals surface area contributed by atoms with E-state index in [0.717, 1.165) is 69.8 Å². The first-order valence-electron chi connectivity index (χ1n) is 11.1. The number of hydrogen-bond acceptors (Lipinski definition) is 4. The lowest BCUT2D eigenvalue weighted by Gasteiger charge is -2.33. The minimum atomic E-state index is 0.155. The van der Waals surface area contributed by atoms with E-state index in [-0.39, 0.29) is 6.04 Å². The Hall–Kier alpha value is -2.77. The molecule has 1 unspecified atom stereocenters. The van der Waals surface area contributed by atoms with Gasteiger partial charge in [-0.3, -0.25) is 9.89 Å². The third-order valence-corrected chi connectivity index (χ3v) is 5.81. The van der Waals surface area contributed by atoms with Gasteiger partial charge in [0.1, 0.15) is 11.5 Å². The van der Waals surface area contributed by atoms with Crippen LogP contribution in [-0.2, 0) is 11.3 Å². The Kier molecular flexibility index (Phi) is 7.27. The summed E-state index contributed by atoms with van der Waals surface area (Å²) in [5, 5.41) is 8.22. The monoisotopic (exact) mass is 423 g/mol. The van der Waals surface area contributed by atoms with Crippen molar-refractivity contribution in [3.63, 3.8) is 0 Å². The summed E-state index contributed by atoms with van der Waals surface area (Å²) in [4.78, 5) is 6.82. The smallest absolute Gasteiger partial charge is 0.191 e. The molecule has 166 valence electrons. The number of benzene rings is 1. The van der Waals surface area contributed by atoms with Gasteiger partial charge in [0.25, 0.3) is 0 Å². The molecule has 0 spiro atoms. The quantitative estimate of drug-likeness (QED) is 0.331. The van der Waals surface area contributed by atoms with E-state index < -0.39 is 0 Å². The molecule has 0 aliphatic carbocycles. The summed E-state index contributed by atoms with van der Waals surface area (Å²) >= 11 is 0. The van der Waals surface area contributed by atoms with Crippen molar-refractivity contribution in [3.05, 3.63) is 60.2 Å². The van der Waals surface area contributed by atoms with Gasteiger partial charge in [-0.05, 0) is 43.0 Å². The molecule has 1 aliphatic rings.